The predicted octanol–water partition coefficient (Wildman–Crippen LogP) is 2.16. The Hall–Kier alpha value is -1.88. The van der Waals surface area contributed by atoms with Gasteiger partial charge in [-0.25, -0.2) is 9.78 Å². The third-order valence-corrected chi connectivity index (χ3v) is 3.67. The molecule has 1 saturated heterocycles. The highest BCUT2D eigenvalue weighted by Gasteiger charge is 2.17. The molecular formula is C14H16N2O3. The number of carboxylic acid groups (broad SMARTS) is 1. The van der Waals surface area contributed by atoms with Crippen molar-refractivity contribution in [1.82, 2.24) is 9.55 Å². The molecule has 2 aromatic rings. The number of para-hydroxylation sites is 1. The largest absolute Gasteiger partial charge is 0.478 e. The van der Waals surface area contributed by atoms with Crippen LogP contribution in [0.4, 0.5) is 0 Å². The first-order chi connectivity index (χ1) is 9.25. The highest BCUT2D eigenvalue weighted by molar-refractivity contribution is 6.01. The second-order valence-corrected chi connectivity index (χ2v) is 4.93. The molecule has 0 radical (unpaired) electrons. The Kier molecular flexibility index (Phi) is 3.21. The third kappa shape index (κ3) is 2.33. The minimum atomic E-state index is -0.906. The van der Waals surface area contributed by atoms with E-state index in [0.717, 1.165) is 38.1 Å². The van der Waals surface area contributed by atoms with E-state index in [9.17, 15) is 9.90 Å². The highest BCUT2D eigenvalue weighted by Crippen LogP contribution is 2.21. The van der Waals surface area contributed by atoms with Gasteiger partial charge in [-0.15, -0.1) is 0 Å². The van der Waals surface area contributed by atoms with Crippen molar-refractivity contribution in [1.29, 1.82) is 0 Å². The standard InChI is InChI=1S/C14H16N2O3/c17-14(18)11-2-1-3-12-13(11)16(9-15-12)6-4-10-5-7-19-8-10/h1-3,9-10H,4-8H2,(H,17,18). The molecule has 1 atom stereocenters. The van der Waals surface area contributed by atoms with Crippen LogP contribution in [0, 0.1) is 5.92 Å². The van der Waals surface area contributed by atoms with Crippen LogP contribution in [-0.2, 0) is 11.3 Å². The zero-order valence-electron chi connectivity index (χ0n) is 10.6. The van der Waals surface area contributed by atoms with Crippen molar-refractivity contribution < 1.29 is 14.6 Å². The van der Waals surface area contributed by atoms with E-state index in [2.05, 4.69) is 4.98 Å². The Labute approximate surface area is 110 Å². The van der Waals surface area contributed by atoms with E-state index in [1.54, 1.807) is 18.5 Å². The fraction of sp³-hybridized carbons (Fsp3) is 0.429. The van der Waals surface area contributed by atoms with E-state index in [-0.39, 0.29) is 0 Å². The van der Waals surface area contributed by atoms with Crippen LogP contribution in [0.25, 0.3) is 11.0 Å². The molecule has 0 aliphatic carbocycles. The number of aryl methyl sites for hydroxylation is 1. The molecule has 2 heterocycles. The number of carbonyl (C=O) groups is 1. The summed E-state index contributed by atoms with van der Waals surface area (Å²) in [5.74, 6) is -0.328. The van der Waals surface area contributed by atoms with Gasteiger partial charge in [0, 0.05) is 19.8 Å². The van der Waals surface area contributed by atoms with E-state index < -0.39 is 5.97 Å². The second kappa shape index (κ2) is 5.01. The molecule has 5 heteroatoms. The summed E-state index contributed by atoms with van der Waals surface area (Å²) in [5, 5.41) is 9.24. The van der Waals surface area contributed by atoms with Gasteiger partial charge in [0.2, 0.25) is 0 Å². The van der Waals surface area contributed by atoms with E-state index in [1.165, 1.54) is 0 Å². The summed E-state index contributed by atoms with van der Waals surface area (Å²) in [6, 6.07) is 5.20. The van der Waals surface area contributed by atoms with Gasteiger partial charge in [0.1, 0.15) is 0 Å². The summed E-state index contributed by atoms with van der Waals surface area (Å²) in [5.41, 5.74) is 1.77. The van der Waals surface area contributed by atoms with Crippen LogP contribution in [0.15, 0.2) is 24.5 Å². The maximum absolute atomic E-state index is 11.3. The first kappa shape index (κ1) is 12.2. The number of benzene rings is 1. The van der Waals surface area contributed by atoms with Crippen molar-refractivity contribution in [2.24, 2.45) is 5.92 Å². The maximum Gasteiger partial charge on any atom is 0.337 e. The number of hydrogen-bond donors (Lipinski definition) is 1. The van der Waals surface area contributed by atoms with Crippen LogP contribution in [0.5, 0.6) is 0 Å². The molecular weight excluding hydrogens is 244 g/mol. The van der Waals surface area contributed by atoms with Gasteiger partial charge in [-0.05, 0) is 30.9 Å². The molecule has 1 fully saturated rings. The third-order valence-electron chi connectivity index (χ3n) is 3.67. The fourth-order valence-corrected chi connectivity index (χ4v) is 2.60. The van der Waals surface area contributed by atoms with Crippen molar-refractivity contribution in [3.8, 4) is 0 Å². The zero-order valence-corrected chi connectivity index (χ0v) is 10.6. The van der Waals surface area contributed by atoms with Gasteiger partial charge in [-0.1, -0.05) is 6.07 Å². The van der Waals surface area contributed by atoms with Crippen molar-refractivity contribution in [3.63, 3.8) is 0 Å². The smallest absolute Gasteiger partial charge is 0.337 e. The van der Waals surface area contributed by atoms with Crippen LogP contribution in [0.3, 0.4) is 0 Å². The van der Waals surface area contributed by atoms with Crippen LogP contribution in [0.1, 0.15) is 23.2 Å². The Balaban J connectivity index is 1.88. The van der Waals surface area contributed by atoms with Gasteiger partial charge in [-0.2, -0.15) is 0 Å². The first-order valence-corrected chi connectivity index (χ1v) is 6.50. The molecule has 5 nitrogen and oxygen atoms in total. The number of hydrogen-bond acceptors (Lipinski definition) is 3. The monoisotopic (exact) mass is 260 g/mol. The highest BCUT2D eigenvalue weighted by atomic mass is 16.5. The number of ether oxygens (including phenoxy) is 1. The van der Waals surface area contributed by atoms with Crippen LogP contribution in [-0.4, -0.2) is 33.8 Å². The molecule has 100 valence electrons. The molecule has 19 heavy (non-hydrogen) atoms. The molecule has 1 aliphatic rings. The molecule has 0 saturated carbocycles. The van der Waals surface area contributed by atoms with Crippen molar-refractivity contribution in [3.05, 3.63) is 30.1 Å². The molecule has 3 rings (SSSR count). The summed E-state index contributed by atoms with van der Waals surface area (Å²) in [4.78, 5) is 15.5. The molecule has 0 bridgehead atoms. The molecule has 1 aliphatic heterocycles. The Morgan fingerprint density at radius 3 is 3.16 bits per heavy atom. The SMILES string of the molecule is O=C(O)c1cccc2ncn(CCC3CCOC3)c12. The van der Waals surface area contributed by atoms with Gasteiger partial charge in [0.25, 0.3) is 0 Å². The van der Waals surface area contributed by atoms with Gasteiger partial charge in [0.05, 0.1) is 22.9 Å². The van der Waals surface area contributed by atoms with E-state index in [0.29, 0.717) is 17.0 Å². The topological polar surface area (TPSA) is 64.3 Å². The van der Waals surface area contributed by atoms with Crippen molar-refractivity contribution in [2.75, 3.05) is 13.2 Å². The second-order valence-electron chi connectivity index (χ2n) is 4.93. The van der Waals surface area contributed by atoms with Gasteiger partial charge in [-0.3, -0.25) is 0 Å². The maximum atomic E-state index is 11.3. The molecule has 1 aromatic carbocycles. The molecule has 0 amide bonds. The number of nitrogens with zero attached hydrogens (tertiary/aromatic N) is 2. The first-order valence-electron chi connectivity index (χ1n) is 6.50. The fourth-order valence-electron chi connectivity index (χ4n) is 2.60. The van der Waals surface area contributed by atoms with E-state index in [4.69, 9.17) is 4.74 Å². The van der Waals surface area contributed by atoms with E-state index >= 15 is 0 Å². The lowest BCUT2D eigenvalue weighted by molar-refractivity contribution is 0.0698. The Morgan fingerprint density at radius 2 is 2.42 bits per heavy atom. The number of carboxylic acids is 1. The Bertz CT molecular complexity index is 600. The summed E-state index contributed by atoms with van der Waals surface area (Å²) in [7, 11) is 0. The summed E-state index contributed by atoms with van der Waals surface area (Å²) < 4.78 is 7.30. The number of aromatic carboxylic acids is 1. The molecule has 1 unspecified atom stereocenters. The molecule has 1 N–H and O–H groups in total. The van der Waals surface area contributed by atoms with Crippen LogP contribution in [0.2, 0.25) is 0 Å². The zero-order chi connectivity index (χ0) is 13.2. The summed E-state index contributed by atoms with van der Waals surface area (Å²) in [6.07, 6.45) is 3.82. The van der Waals surface area contributed by atoms with Crippen molar-refractivity contribution >= 4 is 17.0 Å². The van der Waals surface area contributed by atoms with Crippen molar-refractivity contribution in [2.45, 2.75) is 19.4 Å². The van der Waals surface area contributed by atoms with Gasteiger partial charge >= 0.3 is 5.97 Å². The van der Waals surface area contributed by atoms with Crippen LogP contribution < -0.4 is 0 Å². The Morgan fingerprint density at radius 1 is 1.53 bits per heavy atom. The quantitative estimate of drug-likeness (QED) is 0.915. The van der Waals surface area contributed by atoms with Crippen LogP contribution >= 0.6 is 0 Å². The average Bonchev–Trinajstić information content (AvgIpc) is 3.05. The minimum Gasteiger partial charge on any atom is -0.478 e. The van der Waals surface area contributed by atoms with Gasteiger partial charge in [0.15, 0.2) is 0 Å². The minimum absolute atomic E-state index is 0.317. The lowest BCUT2D eigenvalue weighted by Gasteiger charge is -2.09. The van der Waals surface area contributed by atoms with Gasteiger partial charge < -0.3 is 14.4 Å². The number of aromatic nitrogens is 2. The summed E-state index contributed by atoms with van der Waals surface area (Å²) >= 11 is 0. The molecule has 1 aromatic heterocycles. The predicted molar refractivity (Wildman–Crippen MR) is 70.2 cm³/mol. The number of rotatable bonds is 4. The average molecular weight is 260 g/mol. The molecule has 0 spiro atoms. The lowest BCUT2D eigenvalue weighted by Crippen LogP contribution is -2.07. The number of fused-ring (bicyclic) bond motifs is 1. The number of imidazole rings is 1. The van der Waals surface area contributed by atoms with E-state index in [1.807, 2.05) is 10.6 Å². The lowest BCUT2D eigenvalue weighted by atomic mass is 10.1. The summed E-state index contributed by atoms with van der Waals surface area (Å²) in [6.45, 7) is 2.45. The normalized spacial score (nSPS) is 19.1.